The number of para-hydroxylation sites is 2. The molecule has 0 aliphatic rings. The number of imidazole rings is 1. The molecule has 0 aliphatic heterocycles. The summed E-state index contributed by atoms with van der Waals surface area (Å²) in [5.41, 5.74) is 5.22. The molecule has 194 valence electrons. The number of aromatic nitrogens is 3. The highest BCUT2D eigenvalue weighted by Gasteiger charge is 2.17. The smallest absolute Gasteiger partial charge is 0.251 e. The van der Waals surface area contributed by atoms with Crippen molar-refractivity contribution < 1.29 is 18.7 Å². The molecule has 3 aromatic carbocycles. The second-order valence-corrected chi connectivity index (χ2v) is 9.96. The van der Waals surface area contributed by atoms with E-state index in [1.165, 1.54) is 11.8 Å². The SMILES string of the molecule is COc1ccc(C(C)=O)cc1CSc1nc2cc(C(=O)NCc3ccco3)ccc2c2nc3ccccc3n12. The number of ketones is 1. The molecule has 8 nitrogen and oxygen atoms in total. The zero-order valence-corrected chi connectivity index (χ0v) is 22.1. The van der Waals surface area contributed by atoms with Gasteiger partial charge in [-0.15, -0.1) is 0 Å². The number of nitrogens with zero attached hydrogens (tertiary/aromatic N) is 3. The minimum absolute atomic E-state index is 0.00594. The van der Waals surface area contributed by atoms with E-state index in [1.807, 2.05) is 52.9 Å². The molecule has 9 heteroatoms. The van der Waals surface area contributed by atoms with E-state index in [-0.39, 0.29) is 11.7 Å². The lowest BCUT2D eigenvalue weighted by molar-refractivity contribution is 0.0947. The van der Waals surface area contributed by atoms with Gasteiger partial charge in [-0.1, -0.05) is 23.9 Å². The van der Waals surface area contributed by atoms with E-state index in [9.17, 15) is 9.59 Å². The largest absolute Gasteiger partial charge is 0.496 e. The van der Waals surface area contributed by atoms with Crippen LogP contribution in [0.4, 0.5) is 0 Å². The minimum atomic E-state index is -0.219. The van der Waals surface area contributed by atoms with Crippen LogP contribution in [-0.2, 0) is 12.3 Å². The molecule has 0 spiro atoms. The van der Waals surface area contributed by atoms with Crippen LogP contribution in [0.2, 0.25) is 0 Å². The molecule has 0 saturated heterocycles. The van der Waals surface area contributed by atoms with Crippen LogP contribution in [0.3, 0.4) is 0 Å². The Hall–Kier alpha value is -4.63. The molecule has 39 heavy (non-hydrogen) atoms. The van der Waals surface area contributed by atoms with E-state index in [0.717, 1.165) is 32.8 Å². The number of thioether (sulfide) groups is 1. The van der Waals surface area contributed by atoms with Gasteiger partial charge in [0, 0.05) is 27.8 Å². The maximum atomic E-state index is 12.9. The number of benzene rings is 3. The van der Waals surface area contributed by atoms with Gasteiger partial charge in [-0.2, -0.15) is 0 Å². The van der Waals surface area contributed by atoms with Crippen LogP contribution in [0.15, 0.2) is 88.6 Å². The maximum Gasteiger partial charge on any atom is 0.251 e. The van der Waals surface area contributed by atoms with Crippen LogP contribution >= 0.6 is 11.8 Å². The van der Waals surface area contributed by atoms with Crippen molar-refractivity contribution in [2.75, 3.05) is 7.11 Å². The number of furan rings is 1. The molecule has 0 unspecified atom stereocenters. The summed E-state index contributed by atoms with van der Waals surface area (Å²) in [5, 5.41) is 4.44. The van der Waals surface area contributed by atoms with E-state index in [2.05, 4.69) is 5.32 Å². The van der Waals surface area contributed by atoms with Gasteiger partial charge in [0.2, 0.25) is 0 Å². The summed E-state index contributed by atoms with van der Waals surface area (Å²) >= 11 is 1.52. The maximum absolute atomic E-state index is 12.9. The molecule has 0 fully saturated rings. The molecular weight excluding hydrogens is 512 g/mol. The number of ether oxygens (including phenoxy) is 1. The Balaban J connectivity index is 1.42. The third-order valence-corrected chi connectivity index (χ3v) is 7.50. The average Bonchev–Trinajstić information content (AvgIpc) is 3.62. The van der Waals surface area contributed by atoms with Gasteiger partial charge < -0.3 is 14.5 Å². The Kier molecular flexibility index (Phi) is 6.50. The summed E-state index contributed by atoms with van der Waals surface area (Å²) in [5.74, 6) is 1.68. The first-order valence-electron chi connectivity index (χ1n) is 12.3. The van der Waals surface area contributed by atoms with Crippen molar-refractivity contribution in [1.82, 2.24) is 19.7 Å². The Morgan fingerprint density at radius 1 is 0.974 bits per heavy atom. The van der Waals surface area contributed by atoms with Crippen molar-refractivity contribution in [3.8, 4) is 5.75 Å². The Morgan fingerprint density at radius 3 is 2.62 bits per heavy atom. The Morgan fingerprint density at radius 2 is 1.82 bits per heavy atom. The summed E-state index contributed by atoms with van der Waals surface area (Å²) in [4.78, 5) is 34.8. The first-order valence-corrected chi connectivity index (χ1v) is 13.3. The van der Waals surface area contributed by atoms with Crippen molar-refractivity contribution in [3.63, 3.8) is 0 Å². The molecular formula is C30H24N4O4S. The second-order valence-electron chi connectivity index (χ2n) is 9.02. The molecule has 0 radical (unpaired) electrons. The van der Waals surface area contributed by atoms with Crippen LogP contribution in [0, 0.1) is 0 Å². The van der Waals surface area contributed by atoms with E-state index in [4.69, 9.17) is 19.1 Å². The number of rotatable bonds is 8. The van der Waals surface area contributed by atoms with Crippen LogP contribution in [-0.4, -0.2) is 33.2 Å². The van der Waals surface area contributed by atoms with Crippen molar-refractivity contribution in [3.05, 3.63) is 102 Å². The van der Waals surface area contributed by atoms with Gasteiger partial charge in [0.1, 0.15) is 17.2 Å². The number of hydrogen-bond donors (Lipinski definition) is 1. The molecule has 1 N–H and O–H groups in total. The fourth-order valence-electron chi connectivity index (χ4n) is 4.54. The number of hydrogen-bond acceptors (Lipinski definition) is 7. The number of nitrogens with one attached hydrogen (secondary N) is 1. The third kappa shape index (κ3) is 4.72. The minimum Gasteiger partial charge on any atom is -0.496 e. The molecule has 3 heterocycles. The zero-order chi connectivity index (χ0) is 26.9. The molecule has 0 saturated carbocycles. The summed E-state index contributed by atoms with van der Waals surface area (Å²) in [6, 6.07) is 22.4. The number of carbonyl (C=O) groups is 2. The molecule has 0 aliphatic carbocycles. The average molecular weight is 537 g/mol. The van der Waals surface area contributed by atoms with E-state index in [0.29, 0.717) is 40.5 Å². The molecule has 0 bridgehead atoms. The van der Waals surface area contributed by atoms with Crippen LogP contribution in [0.1, 0.15) is 39.0 Å². The van der Waals surface area contributed by atoms with Gasteiger partial charge in [-0.25, -0.2) is 9.97 Å². The highest BCUT2D eigenvalue weighted by molar-refractivity contribution is 7.98. The predicted octanol–water partition coefficient (Wildman–Crippen LogP) is 6.06. The van der Waals surface area contributed by atoms with E-state index < -0.39 is 0 Å². The van der Waals surface area contributed by atoms with Gasteiger partial charge in [0.05, 0.1) is 36.5 Å². The first-order chi connectivity index (χ1) is 19.0. The zero-order valence-electron chi connectivity index (χ0n) is 21.3. The monoisotopic (exact) mass is 536 g/mol. The fourth-order valence-corrected chi connectivity index (χ4v) is 5.53. The van der Waals surface area contributed by atoms with Gasteiger partial charge in [0.15, 0.2) is 10.9 Å². The summed E-state index contributed by atoms with van der Waals surface area (Å²) in [6.45, 7) is 1.84. The van der Waals surface area contributed by atoms with E-state index in [1.54, 1.807) is 44.6 Å². The lowest BCUT2D eigenvalue weighted by atomic mass is 10.1. The van der Waals surface area contributed by atoms with Gasteiger partial charge in [-0.3, -0.25) is 14.0 Å². The number of Topliss-reactive ketones (excluding diaryl/α,β-unsaturated/α-hetero) is 1. The summed E-state index contributed by atoms with van der Waals surface area (Å²) in [7, 11) is 1.62. The van der Waals surface area contributed by atoms with Gasteiger partial charge >= 0.3 is 0 Å². The molecule has 1 amide bonds. The predicted molar refractivity (Wildman–Crippen MR) is 150 cm³/mol. The quantitative estimate of drug-likeness (QED) is 0.143. The van der Waals surface area contributed by atoms with Crippen LogP contribution < -0.4 is 10.1 Å². The highest BCUT2D eigenvalue weighted by Crippen LogP contribution is 2.33. The van der Waals surface area contributed by atoms with E-state index >= 15 is 0 Å². The lowest BCUT2D eigenvalue weighted by Crippen LogP contribution is -2.22. The normalized spacial score (nSPS) is 11.3. The number of fused-ring (bicyclic) bond motifs is 5. The van der Waals surface area contributed by atoms with Crippen molar-refractivity contribution in [1.29, 1.82) is 0 Å². The third-order valence-electron chi connectivity index (χ3n) is 6.52. The Labute approximate surface area is 228 Å². The standard InChI is InChI=1S/C30H24N4O4S/c1-18(35)19-10-12-27(37-2)21(14-19)17-39-30-33-25-15-20(29(36)31-16-22-6-5-13-38-22)9-11-23(25)28-32-24-7-3-4-8-26(24)34(28)30/h3-15H,16-17H2,1-2H3,(H,31,36). The highest BCUT2D eigenvalue weighted by atomic mass is 32.2. The molecule has 6 aromatic rings. The van der Waals surface area contributed by atoms with Crippen LogP contribution in [0.5, 0.6) is 5.75 Å². The van der Waals surface area contributed by atoms with Crippen LogP contribution in [0.25, 0.3) is 27.6 Å². The summed E-state index contributed by atoms with van der Waals surface area (Å²) < 4.78 is 12.9. The van der Waals surface area contributed by atoms with Crippen molar-refractivity contribution in [2.45, 2.75) is 24.4 Å². The fraction of sp³-hybridized carbons (Fsp3) is 0.133. The molecule has 0 atom stereocenters. The summed E-state index contributed by atoms with van der Waals surface area (Å²) in [6.07, 6.45) is 1.58. The van der Waals surface area contributed by atoms with Crippen molar-refractivity contribution in [2.24, 2.45) is 0 Å². The lowest BCUT2D eigenvalue weighted by Gasteiger charge is -2.12. The molecule has 6 rings (SSSR count). The molecule has 3 aromatic heterocycles. The number of carbonyl (C=O) groups excluding carboxylic acids is 2. The number of amides is 1. The van der Waals surface area contributed by atoms with Gasteiger partial charge in [0.25, 0.3) is 5.91 Å². The topological polar surface area (TPSA) is 98.7 Å². The Bertz CT molecular complexity index is 1860. The van der Waals surface area contributed by atoms with Crippen molar-refractivity contribution >= 4 is 51.0 Å². The number of methoxy groups -OCH3 is 1. The second kappa shape index (κ2) is 10.3. The first kappa shape index (κ1) is 24.7. The van der Waals surface area contributed by atoms with Gasteiger partial charge in [-0.05, 0) is 67.6 Å².